The van der Waals surface area contributed by atoms with Crippen LogP contribution >= 0.6 is 0 Å². The number of alkyl halides is 2. The highest BCUT2D eigenvalue weighted by Gasteiger charge is 2.28. The van der Waals surface area contributed by atoms with Crippen molar-refractivity contribution < 1.29 is 13.2 Å². The number of hydrogen-bond acceptors (Lipinski definition) is 1. The van der Waals surface area contributed by atoms with Crippen molar-refractivity contribution in [2.45, 2.75) is 26.2 Å². The third kappa shape index (κ3) is 3.34. The highest BCUT2D eigenvalue weighted by atomic mass is 19.3. The first kappa shape index (κ1) is 13.6. The van der Waals surface area contributed by atoms with Crippen LogP contribution in [0, 0.1) is 12.7 Å². The summed E-state index contributed by atoms with van der Waals surface area (Å²) in [4.78, 5) is 4.05. The molecule has 0 fully saturated rings. The molecule has 1 aromatic carbocycles. The van der Waals surface area contributed by atoms with E-state index < -0.39 is 17.3 Å². The molecule has 19 heavy (non-hydrogen) atoms. The molecule has 4 heteroatoms. The van der Waals surface area contributed by atoms with E-state index in [9.17, 15) is 13.2 Å². The van der Waals surface area contributed by atoms with E-state index in [0.29, 0.717) is 18.9 Å². The average molecular weight is 265 g/mol. The first-order chi connectivity index (χ1) is 8.86. The van der Waals surface area contributed by atoms with E-state index >= 15 is 0 Å². The summed E-state index contributed by atoms with van der Waals surface area (Å²) in [6.45, 7) is 2.61. The number of rotatable bonds is 3. The molecule has 0 N–H and O–H groups in total. The topological polar surface area (TPSA) is 12.9 Å². The zero-order chi connectivity index (χ0) is 14.0. The van der Waals surface area contributed by atoms with Gasteiger partial charge >= 0.3 is 0 Å². The van der Waals surface area contributed by atoms with Crippen molar-refractivity contribution in [3.8, 4) is 0 Å². The summed E-state index contributed by atoms with van der Waals surface area (Å²) in [7, 11) is 0. The molecular formula is C15H14F3N. The Bertz CT molecular complexity index is 588. The van der Waals surface area contributed by atoms with Gasteiger partial charge in [0.25, 0.3) is 5.92 Å². The fraction of sp³-hybridized carbons (Fsp3) is 0.267. The Morgan fingerprint density at radius 3 is 2.47 bits per heavy atom. The number of aryl methyl sites for hydroxylation is 1. The van der Waals surface area contributed by atoms with Crippen LogP contribution < -0.4 is 0 Å². The predicted octanol–water partition coefficient (Wildman–Crippen LogP) is 4.23. The third-order valence-corrected chi connectivity index (χ3v) is 2.84. The van der Waals surface area contributed by atoms with Crippen LogP contribution in [-0.2, 0) is 12.3 Å². The van der Waals surface area contributed by atoms with Crippen LogP contribution in [0.2, 0.25) is 0 Å². The Kier molecular flexibility index (Phi) is 3.60. The first-order valence-electron chi connectivity index (χ1n) is 5.93. The summed E-state index contributed by atoms with van der Waals surface area (Å²) in [6, 6.07) is 5.76. The van der Waals surface area contributed by atoms with Gasteiger partial charge in [-0.25, -0.2) is 13.2 Å². The first-order valence-corrected chi connectivity index (χ1v) is 5.93. The molecule has 100 valence electrons. The van der Waals surface area contributed by atoms with Crippen LogP contribution in [0.3, 0.4) is 0 Å². The van der Waals surface area contributed by atoms with E-state index in [0.717, 1.165) is 17.2 Å². The monoisotopic (exact) mass is 265 g/mol. The molecule has 1 nitrogen and oxygen atoms in total. The Hall–Kier alpha value is -1.84. The lowest BCUT2D eigenvalue weighted by Gasteiger charge is -2.13. The average Bonchev–Trinajstić information content (AvgIpc) is 2.30. The number of pyridine rings is 1. The van der Waals surface area contributed by atoms with Gasteiger partial charge in [0.05, 0.1) is 5.56 Å². The van der Waals surface area contributed by atoms with Gasteiger partial charge in [-0.15, -0.1) is 0 Å². The van der Waals surface area contributed by atoms with Gasteiger partial charge in [0.2, 0.25) is 0 Å². The second-order valence-corrected chi connectivity index (χ2v) is 4.75. The molecule has 0 saturated heterocycles. The van der Waals surface area contributed by atoms with Gasteiger partial charge in [0, 0.05) is 19.3 Å². The van der Waals surface area contributed by atoms with Crippen LogP contribution in [0.5, 0.6) is 0 Å². The SMILES string of the molecule is Cc1cncc(Cc2ccc(F)c(C(C)(F)F)c2)c1. The second-order valence-electron chi connectivity index (χ2n) is 4.75. The Morgan fingerprint density at radius 2 is 1.84 bits per heavy atom. The van der Waals surface area contributed by atoms with Crippen LogP contribution in [0.15, 0.2) is 36.7 Å². The normalized spacial score (nSPS) is 11.6. The van der Waals surface area contributed by atoms with Crippen molar-refractivity contribution in [2.75, 3.05) is 0 Å². The van der Waals surface area contributed by atoms with E-state index in [1.54, 1.807) is 12.4 Å². The number of halogens is 3. The molecular weight excluding hydrogens is 251 g/mol. The molecule has 0 bridgehead atoms. The Labute approximate surface area is 110 Å². The van der Waals surface area contributed by atoms with Gasteiger partial charge < -0.3 is 0 Å². The van der Waals surface area contributed by atoms with Crippen molar-refractivity contribution in [2.24, 2.45) is 0 Å². The maximum Gasteiger partial charge on any atom is 0.273 e. The summed E-state index contributed by atoms with van der Waals surface area (Å²) in [6.07, 6.45) is 3.86. The van der Waals surface area contributed by atoms with Crippen molar-refractivity contribution in [3.05, 3.63) is 64.7 Å². The number of nitrogens with zero attached hydrogens (tertiary/aromatic N) is 1. The van der Waals surface area contributed by atoms with E-state index in [1.165, 1.54) is 12.1 Å². The number of hydrogen-bond donors (Lipinski definition) is 0. The Morgan fingerprint density at radius 1 is 1.11 bits per heavy atom. The largest absolute Gasteiger partial charge is 0.273 e. The lowest BCUT2D eigenvalue weighted by atomic mass is 10.0. The van der Waals surface area contributed by atoms with Gasteiger partial charge in [-0.1, -0.05) is 12.1 Å². The minimum absolute atomic E-state index is 0.456. The molecule has 0 atom stereocenters. The minimum Gasteiger partial charge on any atom is -0.264 e. The Balaban J connectivity index is 2.32. The summed E-state index contributed by atoms with van der Waals surface area (Å²) in [5.74, 6) is -4.05. The van der Waals surface area contributed by atoms with Crippen LogP contribution in [0.25, 0.3) is 0 Å². The molecule has 0 aliphatic rings. The molecule has 0 radical (unpaired) electrons. The van der Waals surface area contributed by atoms with Gasteiger partial charge in [0.1, 0.15) is 5.82 Å². The molecule has 0 spiro atoms. The molecule has 2 rings (SSSR count). The van der Waals surface area contributed by atoms with Gasteiger partial charge in [-0.2, -0.15) is 0 Å². The van der Waals surface area contributed by atoms with Gasteiger partial charge in [-0.3, -0.25) is 4.98 Å². The smallest absolute Gasteiger partial charge is 0.264 e. The van der Waals surface area contributed by atoms with E-state index in [2.05, 4.69) is 4.98 Å². The van der Waals surface area contributed by atoms with Crippen molar-refractivity contribution in [3.63, 3.8) is 0 Å². The summed E-state index contributed by atoms with van der Waals surface area (Å²) >= 11 is 0. The lowest BCUT2D eigenvalue weighted by Crippen LogP contribution is -2.10. The number of benzene rings is 1. The molecule has 0 aliphatic heterocycles. The zero-order valence-electron chi connectivity index (χ0n) is 10.8. The van der Waals surface area contributed by atoms with E-state index in [4.69, 9.17) is 0 Å². The lowest BCUT2D eigenvalue weighted by molar-refractivity contribution is 0.0137. The van der Waals surface area contributed by atoms with Gasteiger partial charge in [0.15, 0.2) is 0 Å². The molecule has 0 unspecified atom stereocenters. The van der Waals surface area contributed by atoms with Crippen LogP contribution in [0.4, 0.5) is 13.2 Å². The molecule has 0 aliphatic carbocycles. The van der Waals surface area contributed by atoms with Gasteiger partial charge in [-0.05, 0) is 42.2 Å². The predicted molar refractivity (Wildman–Crippen MR) is 67.7 cm³/mol. The minimum atomic E-state index is -3.18. The molecule has 0 amide bonds. The van der Waals surface area contributed by atoms with E-state index in [-0.39, 0.29) is 0 Å². The summed E-state index contributed by atoms with van der Waals surface area (Å²) in [5.41, 5.74) is 1.99. The van der Waals surface area contributed by atoms with Crippen LogP contribution in [-0.4, -0.2) is 4.98 Å². The molecule has 1 heterocycles. The van der Waals surface area contributed by atoms with E-state index in [1.807, 2.05) is 13.0 Å². The quantitative estimate of drug-likeness (QED) is 0.809. The zero-order valence-corrected chi connectivity index (χ0v) is 10.8. The molecule has 1 aromatic heterocycles. The van der Waals surface area contributed by atoms with Crippen LogP contribution in [0.1, 0.15) is 29.2 Å². The fourth-order valence-electron chi connectivity index (χ4n) is 1.97. The standard InChI is InChI=1S/C15H14F3N/c1-10-5-12(9-19-8-10)6-11-3-4-14(16)13(7-11)15(2,17)18/h3-5,7-9H,6H2,1-2H3. The third-order valence-electron chi connectivity index (χ3n) is 2.84. The maximum absolute atomic E-state index is 13.4. The summed E-state index contributed by atoms with van der Waals surface area (Å²) in [5, 5.41) is 0. The highest BCUT2D eigenvalue weighted by molar-refractivity contribution is 5.32. The second kappa shape index (κ2) is 5.03. The highest BCUT2D eigenvalue weighted by Crippen LogP contribution is 2.30. The summed E-state index contributed by atoms with van der Waals surface area (Å²) < 4.78 is 39.9. The molecule has 2 aromatic rings. The number of aromatic nitrogens is 1. The van der Waals surface area contributed by atoms with Crippen molar-refractivity contribution >= 4 is 0 Å². The fourth-order valence-corrected chi connectivity index (χ4v) is 1.97. The molecule has 0 saturated carbocycles. The maximum atomic E-state index is 13.4. The van der Waals surface area contributed by atoms with Crippen molar-refractivity contribution in [1.82, 2.24) is 4.98 Å². The van der Waals surface area contributed by atoms with Crippen molar-refractivity contribution in [1.29, 1.82) is 0 Å².